The molecule has 3 heterocycles. The maximum atomic E-state index is 13.1. The summed E-state index contributed by atoms with van der Waals surface area (Å²) in [7, 11) is 0. The Morgan fingerprint density at radius 1 is 1.00 bits per heavy atom. The standard InChI is InChI=1S/C25H31N5O/c1-2-23-27-22-9-6-14-26-24(22)30(23)21-12-10-19(11-13-21)25(31)29-17-15-28(16-18-29)20-7-4-3-5-8-20/h6,9-14,20H,2-5,7-8,15-18H2,1H3. The molecule has 0 radical (unpaired) electrons. The van der Waals surface area contributed by atoms with Crippen LogP contribution < -0.4 is 0 Å². The summed E-state index contributed by atoms with van der Waals surface area (Å²) in [6, 6.07) is 12.5. The van der Waals surface area contributed by atoms with Crippen LogP contribution in [-0.4, -0.2) is 62.5 Å². The van der Waals surface area contributed by atoms with Gasteiger partial charge in [0.15, 0.2) is 5.65 Å². The molecule has 1 amide bonds. The lowest BCUT2D eigenvalue weighted by molar-refractivity contribution is 0.0523. The quantitative estimate of drug-likeness (QED) is 0.642. The molecule has 2 aromatic heterocycles. The summed E-state index contributed by atoms with van der Waals surface area (Å²) < 4.78 is 2.09. The van der Waals surface area contributed by atoms with Crippen LogP contribution in [-0.2, 0) is 6.42 Å². The number of hydrogen-bond donors (Lipinski definition) is 0. The maximum absolute atomic E-state index is 13.1. The van der Waals surface area contributed by atoms with Gasteiger partial charge >= 0.3 is 0 Å². The summed E-state index contributed by atoms with van der Waals surface area (Å²) in [5, 5.41) is 0. The average molecular weight is 418 g/mol. The van der Waals surface area contributed by atoms with Crippen LogP contribution in [0, 0.1) is 0 Å². The Bertz CT molecular complexity index is 1040. The molecule has 0 bridgehead atoms. The van der Waals surface area contributed by atoms with Crippen LogP contribution in [0.15, 0.2) is 42.6 Å². The largest absolute Gasteiger partial charge is 0.336 e. The van der Waals surface area contributed by atoms with Crippen molar-refractivity contribution in [1.82, 2.24) is 24.3 Å². The smallest absolute Gasteiger partial charge is 0.253 e. The van der Waals surface area contributed by atoms with Gasteiger partial charge in [-0.25, -0.2) is 9.97 Å². The highest BCUT2D eigenvalue weighted by atomic mass is 16.2. The van der Waals surface area contributed by atoms with Gasteiger partial charge in [0.05, 0.1) is 0 Å². The van der Waals surface area contributed by atoms with Crippen molar-refractivity contribution in [3.63, 3.8) is 0 Å². The van der Waals surface area contributed by atoms with E-state index in [1.807, 2.05) is 41.3 Å². The maximum Gasteiger partial charge on any atom is 0.253 e. The van der Waals surface area contributed by atoms with Gasteiger partial charge in [0, 0.05) is 56.1 Å². The van der Waals surface area contributed by atoms with E-state index in [4.69, 9.17) is 4.98 Å². The van der Waals surface area contributed by atoms with Crippen molar-refractivity contribution < 1.29 is 4.79 Å². The lowest BCUT2D eigenvalue weighted by Gasteiger charge is -2.40. The fraction of sp³-hybridized carbons (Fsp3) is 0.480. The predicted molar refractivity (Wildman–Crippen MR) is 123 cm³/mol. The number of imidazole rings is 1. The fourth-order valence-electron chi connectivity index (χ4n) is 5.14. The molecule has 1 aromatic carbocycles. The molecule has 0 unspecified atom stereocenters. The molecule has 1 saturated carbocycles. The number of carbonyl (C=O) groups excluding carboxylic acids is 1. The van der Waals surface area contributed by atoms with Gasteiger partial charge in [-0.15, -0.1) is 0 Å². The zero-order chi connectivity index (χ0) is 21.2. The summed E-state index contributed by atoms with van der Waals surface area (Å²) in [4.78, 5) is 26.9. The number of benzene rings is 1. The normalized spacial score (nSPS) is 18.5. The summed E-state index contributed by atoms with van der Waals surface area (Å²) >= 11 is 0. The van der Waals surface area contributed by atoms with Gasteiger partial charge in [0.1, 0.15) is 11.3 Å². The molecule has 0 N–H and O–H groups in total. The Morgan fingerprint density at radius 3 is 2.45 bits per heavy atom. The van der Waals surface area contributed by atoms with E-state index in [-0.39, 0.29) is 5.91 Å². The molecule has 3 aromatic rings. The van der Waals surface area contributed by atoms with Gasteiger partial charge < -0.3 is 4.90 Å². The minimum absolute atomic E-state index is 0.138. The second kappa shape index (κ2) is 8.79. The lowest BCUT2D eigenvalue weighted by Crippen LogP contribution is -2.52. The highest BCUT2D eigenvalue weighted by Gasteiger charge is 2.27. The van der Waals surface area contributed by atoms with Crippen molar-refractivity contribution in [2.24, 2.45) is 0 Å². The van der Waals surface area contributed by atoms with Gasteiger partial charge in [-0.2, -0.15) is 0 Å². The number of pyridine rings is 1. The molecule has 0 atom stereocenters. The van der Waals surface area contributed by atoms with E-state index in [0.717, 1.165) is 66.9 Å². The molecule has 162 valence electrons. The monoisotopic (exact) mass is 417 g/mol. The lowest BCUT2D eigenvalue weighted by atomic mass is 9.94. The number of rotatable bonds is 4. The van der Waals surface area contributed by atoms with Gasteiger partial charge in [-0.1, -0.05) is 26.2 Å². The number of carbonyl (C=O) groups is 1. The van der Waals surface area contributed by atoms with Crippen LogP contribution in [0.5, 0.6) is 0 Å². The summed E-state index contributed by atoms with van der Waals surface area (Å²) in [6.07, 6.45) is 9.37. The van der Waals surface area contributed by atoms with Crippen molar-refractivity contribution in [3.8, 4) is 5.69 Å². The Kier molecular flexibility index (Phi) is 5.72. The van der Waals surface area contributed by atoms with Crippen LogP contribution in [0.25, 0.3) is 16.9 Å². The molecule has 6 heteroatoms. The molecule has 0 spiro atoms. The summed E-state index contributed by atoms with van der Waals surface area (Å²) in [5.74, 6) is 1.12. The third-order valence-electron chi connectivity index (χ3n) is 6.87. The van der Waals surface area contributed by atoms with Crippen molar-refractivity contribution in [3.05, 3.63) is 54.0 Å². The first-order chi connectivity index (χ1) is 15.2. The molecule has 6 nitrogen and oxygen atoms in total. The van der Waals surface area contributed by atoms with Crippen LogP contribution in [0.4, 0.5) is 0 Å². The molecule has 5 rings (SSSR count). The fourth-order valence-corrected chi connectivity index (χ4v) is 5.14. The number of piperazine rings is 1. The van der Waals surface area contributed by atoms with Gasteiger partial charge in [-0.3, -0.25) is 14.3 Å². The number of aromatic nitrogens is 3. The predicted octanol–water partition coefficient (Wildman–Crippen LogP) is 4.07. The molecule has 2 fully saturated rings. The van der Waals surface area contributed by atoms with E-state index in [9.17, 15) is 4.79 Å². The van der Waals surface area contributed by atoms with Gasteiger partial charge in [-0.05, 0) is 49.2 Å². The van der Waals surface area contributed by atoms with E-state index >= 15 is 0 Å². The van der Waals surface area contributed by atoms with Gasteiger partial charge in [0.25, 0.3) is 5.91 Å². The van der Waals surface area contributed by atoms with E-state index in [1.54, 1.807) is 6.20 Å². The Hall–Kier alpha value is -2.73. The van der Waals surface area contributed by atoms with E-state index < -0.39 is 0 Å². The van der Waals surface area contributed by atoms with Crippen LogP contribution in [0.3, 0.4) is 0 Å². The Balaban J connectivity index is 1.29. The van der Waals surface area contributed by atoms with Crippen molar-refractivity contribution in [2.45, 2.75) is 51.5 Å². The zero-order valence-electron chi connectivity index (χ0n) is 18.3. The first-order valence-electron chi connectivity index (χ1n) is 11.7. The summed E-state index contributed by atoms with van der Waals surface area (Å²) in [6.45, 7) is 5.75. The van der Waals surface area contributed by atoms with Crippen molar-refractivity contribution in [2.75, 3.05) is 26.2 Å². The van der Waals surface area contributed by atoms with Crippen LogP contribution in [0.1, 0.15) is 55.2 Å². The molecule has 2 aliphatic rings. The molecular weight excluding hydrogens is 386 g/mol. The Labute approximate surface area is 183 Å². The average Bonchev–Trinajstić information content (AvgIpc) is 3.23. The van der Waals surface area contributed by atoms with E-state index in [2.05, 4.69) is 21.4 Å². The molecule has 31 heavy (non-hydrogen) atoms. The summed E-state index contributed by atoms with van der Waals surface area (Å²) in [5.41, 5.74) is 3.51. The van der Waals surface area contributed by atoms with Crippen molar-refractivity contribution in [1.29, 1.82) is 0 Å². The Morgan fingerprint density at radius 2 is 1.74 bits per heavy atom. The van der Waals surface area contributed by atoms with Gasteiger partial charge in [0.2, 0.25) is 0 Å². The SMILES string of the molecule is CCc1nc2cccnc2n1-c1ccc(C(=O)N2CCN(C3CCCCC3)CC2)cc1. The van der Waals surface area contributed by atoms with Crippen LogP contribution >= 0.6 is 0 Å². The second-order valence-electron chi connectivity index (χ2n) is 8.73. The minimum atomic E-state index is 0.138. The number of aryl methyl sites for hydroxylation is 1. The molecule has 1 saturated heterocycles. The highest BCUT2D eigenvalue weighted by Crippen LogP contribution is 2.24. The number of amides is 1. The van der Waals surface area contributed by atoms with Crippen LogP contribution in [0.2, 0.25) is 0 Å². The molecular formula is C25H31N5O. The highest BCUT2D eigenvalue weighted by molar-refractivity contribution is 5.94. The third-order valence-corrected chi connectivity index (χ3v) is 6.87. The number of fused-ring (bicyclic) bond motifs is 1. The minimum Gasteiger partial charge on any atom is -0.336 e. The topological polar surface area (TPSA) is 54.3 Å². The molecule has 1 aliphatic heterocycles. The van der Waals surface area contributed by atoms with E-state index in [0.29, 0.717) is 0 Å². The number of nitrogens with zero attached hydrogens (tertiary/aromatic N) is 5. The third kappa shape index (κ3) is 3.97. The first-order valence-corrected chi connectivity index (χ1v) is 11.7. The zero-order valence-corrected chi connectivity index (χ0v) is 18.3. The number of hydrogen-bond acceptors (Lipinski definition) is 4. The molecule has 1 aliphatic carbocycles. The second-order valence-corrected chi connectivity index (χ2v) is 8.73. The first kappa shape index (κ1) is 20.2. The van der Waals surface area contributed by atoms with E-state index in [1.165, 1.54) is 32.1 Å². The van der Waals surface area contributed by atoms with Crippen molar-refractivity contribution >= 4 is 17.1 Å².